The summed E-state index contributed by atoms with van der Waals surface area (Å²) < 4.78 is 0. The van der Waals surface area contributed by atoms with Gasteiger partial charge in [0, 0.05) is 87.2 Å². The Morgan fingerprint density at radius 1 is 0.385 bits per heavy atom. The van der Waals surface area contributed by atoms with E-state index in [2.05, 4.69) is 406 Å². The van der Waals surface area contributed by atoms with Crippen molar-refractivity contribution >= 4 is 107 Å². The van der Waals surface area contributed by atoms with Crippen molar-refractivity contribution in [3.8, 4) is 0 Å². The van der Waals surface area contributed by atoms with Gasteiger partial charge in [-0.25, -0.2) is 0 Å². The van der Waals surface area contributed by atoms with Crippen molar-refractivity contribution in [1.29, 1.82) is 0 Å². The average Bonchev–Trinajstić information content (AvgIpc) is 0.718. The van der Waals surface area contributed by atoms with E-state index >= 15 is 0 Å². The Kier molecular flexibility index (Phi) is 18.2. The average molecular weight is 1260 g/mol. The smallest absolute Gasteiger partial charge is 0.0540 e. The fraction of sp³-hybridized carbons (Fsp3) is 0.0769. The van der Waals surface area contributed by atoms with E-state index in [0.29, 0.717) is 5.92 Å². The zero-order chi connectivity index (χ0) is 65.4. The lowest BCUT2D eigenvalue weighted by Crippen LogP contribution is -2.18. The first-order valence-corrected chi connectivity index (χ1v) is 35.0. The van der Waals surface area contributed by atoms with Gasteiger partial charge < -0.3 is 19.6 Å². The summed E-state index contributed by atoms with van der Waals surface area (Å²) in [6.07, 6.45) is 17.3. The molecule has 0 aromatic heterocycles. The predicted octanol–water partition coefficient (Wildman–Crippen LogP) is 26.5. The molecule has 96 heavy (non-hydrogen) atoms. The third-order valence-corrected chi connectivity index (χ3v) is 22.1. The Labute approximate surface area is 569 Å². The standard InChI is InChI=1S/C91H78N4S/c1-6-8-15-52-85-69(5)36-31-55-89(85)93(73-42-18-10-19-43-73)77-62-79(95(75-46-22-12-23-47-75)91-57-33-39-71-60-67(3)58-59-87(71)91)66-83(64-77)96(80-48-24-13-25-49-80,81-50-26-14-27-51-81)82-63-76(92(72-40-16-9-17-41-72)88-54-30-35-68(4)84(88)34-7-2)61-78(65-82)94(74-44-20-11-21-45-74)90-56-32-38-70-37-28-29-53-86(70)90/h6-7,9-59,61-67H,1,8,60H2,2-5H3/b34-7-,52-15-. The van der Waals surface area contributed by atoms with Crippen LogP contribution in [0.15, 0.2) is 366 Å². The van der Waals surface area contributed by atoms with E-state index in [0.717, 1.165) is 113 Å². The van der Waals surface area contributed by atoms with Crippen LogP contribution in [0.5, 0.6) is 0 Å². The molecule has 0 bridgehead atoms. The quantitative estimate of drug-likeness (QED) is 0.0705. The number of nitrogens with zero attached hydrogens (tertiary/aromatic N) is 4. The highest BCUT2D eigenvalue weighted by Gasteiger charge is 2.38. The summed E-state index contributed by atoms with van der Waals surface area (Å²) in [4.78, 5) is 14.7. The van der Waals surface area contributed by atoms with Crippen LogP contribution in [-0.2, 0) is 6.42 Å². The van der Waals surface area contributed by atoms with Crippen molar-refractivity contribution in [3.05, 3.63) is 380 Å². The molecule has 1 atom stereocenters. The molecular weight excluding hydrogens is 1180 g/mol. The lowest BCUT2D eigenvalue weighted by atomic mass is 9.89. The number of benzene rings is 13. The predicted molar refractivity (Wildman–Crippen MR) is 413 cm³/mol. The Morgan fingerprint density at radius 3 is 1.25 bits per heavy atom. The third-order valence-electron chi connectivity index (χ3n) is 18.3. The Bertz CT molecular complexity index is 4920. The van der Waals surface area contributed by atoms with Crippen LogP contribution in [0.25, 0.3) is 29.0 Å². The molecule has 13 aromatic carbocycles. The Balaban J connectivity index is 1.18. The molecular formula is C91H78N4S. The number of hydrogen-bond donors (Lipinski definition) is 0. The number of aryl methyl sites for hydroxylation is 2. The number of hydrogen-bond acceptors (Lipinski definition) is 4. The van der Waals surface area contributed by atoms with E-state index in [-0.39, 0.29) is 0 Å². The maximum atomic E-state index is 4.12. The summed E-state index contributed by atoms with van der Waals surface area (Å²) in [5.74, 6) is 0.412. The maximum absolute atomic E-state index is 4.12. The molecule has 1 unspecified atom stereocenters. The molecule has 4 nitrogen and oxygen atoms in total. The van der Waals surface area contributed by atoms with Gasteiger partial charge in [0.15, 0.2) is 0 Å². The van der Waals surface area contributed by atoms with Gasteiger partial charge in [-0.3, -0.25) is 0 Å². The molecule has 0 N–H and O–H groups in total. The summed E-state index contributed by atoms with van der Waals surface area (Å²) in [6.45, 7) is 13.0. The van der Waals surface area contributed by atoms with E-state index in [1.807, 2.05) is 6.08 Å². The monoisotopic (exact) mass is 1260 g/mol. The van der Waals surface area contributed by atoms with Crippen molar-refractivity contribution in [2.24, 2.45) is 5.92 Å². The van der Waals surface area contributed by atoms with Crippen LogP contribution < -0.4 is 19.6 Å². The Hall–Kier alpha value is -11.4. The molecule has 13 aromatic rings. The van der Waals surface area contributed by atoms with Gasteiger partial charge in [0.2, 0.25) is 0 Å². The van der Waals surface area contributed by atoms with Crippen LogP contribution in [0.3, 0.4) is 0 Å². The minimum atomic E-state index is -2.68. The second kappa shape index (κ2) is 28.1. The summed E-state index contributed by atoms with van der Waals surface area (Å²) >= 11 is 0. The first kappa shape index (κ1) is 62.1. The molecule has 1 aliphatic carbocycles. The van der Waals surface area contributed by atoms with E-state index in [1.54, 1.807) is 0 Å². The number of para-hydroxylation sites is 4. The SMILES string of the molecule is C=CC/C=C\c1c(C)cccc1N(c1ccccc1)c1cc(N(c2ccccc2)c2cccc3c2C=CC(C)C3)cc(S(c2ccccc2)(c2ccccc2)c2cc(N(c3ccccc3)c3cccc(C)c3/C=C\C)cc(N(c3ccccc3)c3cccc4ccccc34)c2)c1. The first-order valence-electron chi connectivity index (χ1n) is 33.3. The molecule has 468 valence electrons. The summed E-state index contributed by atoms with van der Waals surface area (Å²) in [5, 5.41) is 2.31. The van der Waals surface area contributed by atoms with E-state index in [4.69, 9.17) is 0 Å². The zero-order valence-electron chi connectivity index (χ0n) is 55.0. The second-order valence-electron chi connectivity index (χ2n) is 24.6. The highest BCUT2D eigenvalue weighted by Crippen LogP contribution is 2.75. The fourth-order valence-corrected chi connectivity index (χ4v) is 17.9. The maximum Gasteiger partial charge on any atom is 0.0540 e. The number of allylic oxidation sites excluding steroid dienone is 4. The lowest BCUT2D eigenvalue weighted by Gasteiger charge is -2.44. The molecule has 0 heterocycles. The molecule has 0 aliphatic heterocycles. The van der Waals surface area contributed by atoms with Crippen LogP contribution in [0.1, 0.15) is 53.6 Å². The van der Waals surface area contributed by atoms with E-state index in [1.165, 1.54) is 32.0 Å². The minimum absolute atomic E-state index is 0.412. The van der Waals surface area contributed by atoms with Gasteiger partial charge in [-0.2, -0.15) is 0 Å². The number of fused-ring (bicyclic) bond motifs is 2. The van der Waals surface area contributed by atoms with Crippen molar-refractivity contribution in [3.63, 3.8) is 0 Å². The molecule has 1 aliphatic rings. The van der Waals surface area contributed by atoms with Crippen LogP contribution in [0.2, 0.25) is 0 Å². The highest BCUT2D eigenvalue weighted by molar-refractivity contribution is 8.34. The van der Waals surface area contributed by atoms with Crippen LogP contribution in [-0.4, -0.2) is 0 Å². The molecule has 0 saturated heterocycles. The highest BCUT2D eigenvalue weighted by atomic mass is 32.3. The first-order chi connectivity index (χ1) is 47.3. The molecule has 0 amide bonds. The van der Waals surface area contributed by atoms with Gasteiger partial charge in [-0.05, 0) is 195 Å². The van der Waals surface area contributed by atoms with Crippen molar-refractivity contribution < 1.29 is 0 Å². The second-order valence-corrected chi connectivity index (χ2v) is 27.7. The molecule has 0 fully saturated rings. The third kappa shape index (κ3) is 12.2. The van der Waals surface area contributed by atoms with Gasteiger partial charge in [-0.15, -0.1) is 16.6 Å². The topological polar surface area (TPSA) is 13.0 Å². The van der Waals surface area contributed by atoms with Crippen molar-refractivity contribution in [2.45, 2.75) is 60.1 Å². The van der Waals surface area contributed by atoms with Crippen molar-refractivity contribution in [1.82, 2.24) is 0 Å². The van der Waals surface area contributed by atoms with E-state index in [9.17, 15) is 0 Å². The van der Waals surface area contributed by atoms with Crippen LogP contribution >= 0.6 is 10.0 Å². The van der Waals surface area contributed by atoms with E-state index < -0.39 is 10.0 Å². The minimum Gasteiger partial charge on any atom is -0.310 e. The zero-order valence-corrected chi connectivity index (χ0v) is 55.8. The summed E-state index contributed by atoms with van der Waals surface area (Å²) in [5.41, 5.74) is 19.8. The molecule has 14 rings (SSSR count). The molecule has 0 spiro atoms. The largest absolute Gasteiger partial charge is 0.310 e. The number of rotatable bonds is 20. The van der Waals surface area contributed by atoms with Gasteiger partial charge >= 0.3 is 0 Å². The van der Waals surface area contributed by atoms with Crippen LogP contribution in [0.4, 0.5) is 68.2 Å². The molecule has 0 saturated carbocycles. The fourth-order valence-electron chi connectivity index (χ4n) is 13.9. The summed E-state index contributed by atoms with van der Waals surface area (Å²) in [7, 11) is -2.68. The van der Waals surface area contributed by atoms with Gasteiger partial charge in [0.1, 0.15) is 0 Å². The lowest BCUT2D eigenvalue weighted by molar-refractivity contribution is 0.717. The van der Waals surface area contributed by atoms with Gasteiger partial charge in [0.05, 0.1) is 22.7 Å². The number of anilines is 12. The van der Waals surface area contributed by atoms with Gasteiger partial charge in [-0.1, -0.05) is 231 Å². The summed E-state index contributed by atoms with van der Waals surface area (Å²) in [6, 6.07) is 117. The normalized spacial score (nSPS) is 13.0. The Morgan fingerprint density at radius 2 is 0.771 bits per heavy atom. The van der Waals surface area contributed by atoms with Gasteiger partial charge in [0.25, 0.3) is 0 Å². The molecule has 0 radical (unpaired) electrons. The van der Waals surface area contributed by atoms with Crippen LogP contribution in [0, 0.1) is 19.8 Å². The molecule has 5 heteroatoms. The van der Waals surface area contributed by atoms with Crippen molar-refractivity contribution in [2.75, 3.05) is 19.6 Å².